The molecule has 2 aromatic carbocycles. The van der Waals surface area contributed by atoms with Gasteiger partial charge in [-0.2, -0.15) is 0 Å². The Hall–Kier alpha value is -2.50. The van der Waals surface area contributed by atoms with Crippen molar-refractivity contribution in [3.05, 3.63) is 53.6 Å². The molecule has 7 N–H and O–H groups in total. The fraction of sp³-hybridized carbons (Fsp3) is 0.235. The van der Waals surface area contributed by atoms with Gasteiger partial charge in [-0.3, -0.25) is 5.43 Å². The normalized spacial score (nSPS) is 22.2. The molecule has 0 aromatic heterocycles. The molecule has 142 valence electrons. The topological polar surface area (TPSA) is 141 Å². The number of aliphatic hydroxyl groups is 1. The SMILES string of the molecule is NS(=O)(=O)c1cccc(-c2ccc(C3(O)CCNC3)cc2)c1C1=NNNN1. The maximum atomic E-state index is 12.1. The number of β-amino-alcohol motifs (C(OH)–C–C–N with tert-alkyl or cyclic N) is 1. The molecule has 0 aliphatic carbocycles. The highest BCUT2D eigenvalue weighted by Crippen LogP contribution is 2.32. The summed E-state index contributed by atoms with van der Waals surface area (Å²) in [7, 11) is -3.96. The van der Waals surface area contributed by atoms with E-state index in [1.165, 1.54) is 6.07 Å². The van der Waals surface area contributed by atoms with Crippen LogP contribution in [-0.2, 0) is 15.6 Å². The maximum Gasteiger partial charge on any atom is 0.238 e. The Kier molecular flexibility index (Phi) is 4.36. The number of hydrazone groups is 1. The molecule has 0 saturated carbocycles. The van der Waals surface area contributed by atoms with Crippen LogP contribution in [0.1, 0.15) is 17.5 Å². The highest BCUT2D eigenvalue weighted by molar-refractivity contribution is 7.89. The smallest absolute Gasteiger partial charge is 0.238 e. The van der Waals surface area contributed by atoms with Crippen molar-refractivity contribution >= 4 is 15.9 Å². The van der Waals surface area contributed by atoms with E-state index in [0.717, 1.165) is 17.7 Å². The first kappa shape index (κ1) is 17.9. The first-order valence-corrected chi connectivity index (χ1v) is 9.97. The first-order valence-electron chi connectivity index (χ1n) is 8.42. The van der Waals surface area contributed by atoms with Gasteiger partial charge in [0, 0.05) is 12.1 Å². The summed E-state index contributed by atoms with van der Waals surface area (Å²) in [6, 6.07) is 12.3. The third-order valence-electron chi connectivity index (χ3n) is 4.84. The fourth-order valence-electron chi connectivity index (χ4n) is 3.46. The molecule has 2 aromatic rings. The number of hydrogen-bond acceptors (Lipinski definition) is 8. The van der Waals surface area contributed by atoms with Crippen molar-refractivity contribution in [1.29, 1.82) is 0 Å². The number of primary sulfonamides is 1. The largest absolute Gasteiger partial charge is 0.384 e. The molecule has 0 radical (unpaired) electrons. The van der Waals surface area contributed by atoms with E-state index in [9.17, 15) is 13.5 Å². The van der Waals surface area contributed by atoms with Gasteiger partial charge >= 0.3 is 0 Å². The molecule has 27 heavy (non-hydrogen) atoms. The van der Waals surface area contributed by atoms with E-state index in [4.69, 9.17) is 5.14 Å². The molecule has 2 aliphatic heterocycles. The van der Waals surface area contributed by atoms with E-state index in [1.807, 2.05) is 24.3 Å². The second kappa shape index (κ2) is 6.59. The fourth-order valence-corrected chi connectivity index (χ4v) is 4.21. The molecule has 0 bridgehead atoms. The Morgan fingerprint density at radius 3 is 2.52 bits per heavy atom. The molecule has 2 aliphatic rings. The van der Waals surface area contributed by atoms with Crippen molar-refractivity contribution in [3.8, 4) is 11.1 Å². The van der Waals surface area contributed by atoms with Gasteiger partial charge in [0.05, 0.1) is 4.90 Å². The first-order chi connectivity index (χ1) is 12.9. The van der Waals surface area contributed by atoms with E-state index >= 15 is 0 Å². The van der Waals surface area contributed by atoms with E-state index < -0.39 is 15.6 Å². The van der Waals surface area contributed by atoms with E-state index in [0.29, 0.717) is 29.9 Å². The summed E-state index contributed by atoms with van der Waals surface area (Å²) in [5.41, 5.74) is 9.65. The van der Waals surface area contributed by atoms with Crippen molar-refractivity contribution in [2.24, 2.45) is 10.2 Å². The number of amidine groups is 1. The number of rotatable bonds is 4. The minimum atomic E-state index is -3.96. The molecule has 2 heterocycles. The third-order valence-corrected chi connectivity index (χ3v) is 5.79. The summed E-state index contributed by atoms with van der Waals surface area (Å²) >= 11 is 0. The van der Waals surface area contributed by atoms with Gasteiger partial charge < -0.3 is 10.4 Å². The van der Waals surface area contributed by atoms with Gasteiger partial charge in [0.2, 0.25) is 10.0 Å². The number of hydrazine groups is 2. The van der Waals surface area contributed by atoms with Gasteiger partial charge in [0.15, 0.2) is 5.84 Å². The molecule has 0 amide bonds. The van der Waals surface area contributed by atoms with E-state index in [2.05, 4.69) is 26.9 Å². The highest BCUT2D eigenvalue weighted by Gasteiger charge is 2.33. The molecule has 1 fully saturated rings. The average molecular weight is 388 g/mol. The number of benzene rings is 2. The predicted molar refractivity (Wildman–Crippen MR) is 101 cm³/mol. The van der Waals surface area contributed by atoms with Crippen LogP contribution in [0.3, 0.4) is 0 Å². The predicted octanol–water partition coefficient (Wildman–Crippen LogP) is -0.544. The van der Waals surface area contributed by atoms with Gasteiger partial charge in [-0.25, -0.2) is 19.1 Å². The second-order valence-electron chi connectivity index (χ2n) is 6.58. The van der Waals surface area contributed by atoms with Crippen LogP contribution in [0.4, 0.5) is 0 Å². The lowest BCUT2D eigenvalue weighted by Gasteiger charge is -2.22. The maximum absolute atomic E-state index is 12.1. The number of hydrogen-bond donors (Lipinski definition) is 6. The zero-order chi connectivity index (χ0) is 19.1. The van der Waals surface area contributed by atoms with Crippen molar-refractivity contribution in [3.63, 3.8) is 0 Å². The van der Waals surface area contributed by atoms with Crippen LogP contribution in [0.15, 0.2) is 52.5 Å². The highest BCUT2D eigenvalue weighted by atomic mass is 32.2. The minimum absolute atomic E-state index is 0.0283. The van der Waals surface area contributed by atoms with Gasteiger partial charge in [-0.05, 0) is 35.7 Å². The summed E-state index contributed by atoms with van der Waals surface area (Å²) in [5, 5.41) is 23.3. The van der Waals surface area contributed by atoms with Crippen molar-refractivity contribution in [1.82, 2.24) is 21.8 Å². The second-order valence-corrected chi connectivity index (χ2v) is 8.11. The Balaban J connectivity index is 1.82. The van der Waals surface area contributed by atoms with E-state index in [1.54, 1.807) is 12.1 Å². The molecular weight excluding hydrogens is 368 g/mol. The zero-order valence-corrected chi connectivity index (χ0v) is 15.2. The summed E-state index contributed by atoms with van der Waals surface area (Å²) in [6.07, 6.45) is 0.649. The summed E-state index contributed by atoms with van der Waals surface area (Å²) in [6.45, 7) is 1.28. The van der Waals surface area contributed by atoms with Crippen LogP contribution >= 0.6 is 0 Å². The Morgan fingerprint density at radius 2 is 1.93 bits per heavy atom. The van der Waals surface area contributed by atoms with Gasteiger partial charge in [-0.15, -0.1) is 10.6 Å². The molecule has 1 unspecified atom stereocenters. The van der Waals surface area contributed by atoms with Gasteiger partial charge in [0.1, 0.15) is 5.60 Å². The molecule has 1 saturated heterocycles. The lowest BCUT2D eigenvalue weighted by atomic mass is 9.90. The monoisotopic (exact) mass is 388 g/mol. The number of nitrogens with one attached hydrogen (secondary N) is 4. The van der Waals surface area contributed by atoms with Crippen LogP contribution in [0.5, 0.6) is 0 Å². The van der Waals surface area contributed by atoms with Gasteiger partial charge in [-0.1, -0.05) is 36.4 Å². The van der Waals surface area contributed by atoms with Crippen molar-refractivity contribution in [2.45, 2.75) is 16.9 Å². The summed E-state index contributed by atoms with van der Waals surface area (Å²) in [5.74, 6) is 0.317. The van der Waals surface area contributed by atoms with E-state index in [-0.39, 0.29) is 4.90 Å². The minimum Gasteiger partial charge on any atom is -0.384 e. The molecular formula is C17H20N6O3S. The lowest BCUT2D eigenvalue weighted by molar-refractivity contribution is 0.0588. The number of nitrogens with zero attached hydrogens (tertiary/aromatic N) is 1. The van der Waals surface area contributed by atoms with Crippen LogP contribution in [-0.4, -0.2) is 32.4 Å². The van der Waals surface area contributed by atoms with Crippen LogP contribution in [0.25, 0.3) is 11.1 Å². The lowest BCUT2D eigenvalue weighted by Crippen LogP contribution is -2.36. The third kappa shape index (κ3) is 3.29. The summed E-state index contributed by atoms with van der Waals surface area (Å²) in [4.78, 5) is -0.0283. The number of nitrogens with two attached hydrogens (primary N) is 1. The molecule has 4 rings (SSSR count). The molecule has 9 nitrogen and oxygen atoms in total. The Morgan fingerprint density at radius 1 is 1.15 bits per heavy atom. The average Bonchev–Trinajstić information content (AvgIpc) is 3.33. The quantitative estimate of drug-likeness (QED) is 0.413. The van der Waals surface area contributed by atoms with Crippen molar-refractivity contribution in [2.75, 3.05) is 13.1 Å². The Labute approximate surface area is 156 Å². The van der Waals surface area contributed by atoms with Crippen LogP contribution in [0, 0.1) is 0 Å². The molecule has 0 spiro atoms. The zero-order valence-electron chi connectivity index (χ0n) is 14.4. The molecule has 1 atom stereocenters. The van der Waals surface area contributed by atoms with Crippen LogP contribution in [0.2, 0.25) is 0 Å². The van der Waals surface area contributed by atoms with Crippen LogP contribution < -0.4 is 27.0 Å². The standard InChI is InChI=1S/C17H20N6O3S/c18-27(25,26)14-3-1-2-13(15(14)16-20-22-23-21-16)11-4-6-12(7-5-11)17(24)8-9-19-10-17/h1-7,19,22-24H,8-10H2,(H,20,21)(H2,18,25,26). The summed E-state index contributed by atoms with van der Waals surface area (Å²) < 4.78 is 24.2. The number of sulfonamides is 1. The van der Waals surface area contributed by atoms with Gasteiger partial charge in [0.25, 0.3) is 0 Å². The molecule has 10 heteroatoms. The van der Waals surface area contributed by atoms with Crippen molar-refractivity contribution < 1.29 is 13.5 Å². The Bertz CT molecular complexity index is 998.